The molecule has 8 nitrogen and oxygen atoms in total. The summed E-state index contributed by atoms with van der Waals surface area (Å²) in [4.78, 5) is 26.7. The quantitative estimate of drug-likeness (QED) is 0.329. The molecular formula is C25H20F4N4O4. The van der Waals surface area contributed by atoms with E-state index in [1.807, 2.05) is 0 Å². The van der Waals surface area contributed by atoms with Crippen molar-refractivity contribution in [2.75, 3.05) is 11.9 Å². The fourth-order valence-electron chi connectivity index (χ4n) is 3.59. The molecule has 2 aromatic carbocycles. The third-order valence-corrected chi connectivity index (χ3v) is 5.22. The van der Waals surface area contributed by atoms with Crippen LogP contribution in [0.3, 0.4) is 0 Å². The van der Waals surface area contributed by atoms with Crippen LogP contribution in [0, 0.1) is 12.7 Å². The fraction of sp³-hybridized carbons (Fsp3) is 0.200. The highest BCUT2D eigenvalue weighted by Gasteiger charge is 2.32. The first-order valence-corrected chi connectivity index (χ1v) is 11.0. The number of nitrogens with one attached hydrogen (secondary N) is 2. The molecule has 192 valence electrons. The SMILES string of the molecule is CCOc1cc(=O)[nH]cc1-c1ccc(CC(=O)Nc2cc(-c3nnc(C)o3)cc(C(F)(F)F)c2)c(F)c1. The smallest absolute Gasteiger partial charge is 0.416 e. The molecule has 0 saturated heterocycles. The second-order valence-corrected chi connectivity index (χ2v) is 7.96. The van der Waals surface area contributed by atoms with Crippen LogP contribution in [0.5, 0.6) is 5.75 Å². The molecular weight excluding hydrogens is 496 g/mol. The van der Waals surface area contributed by atoms with Crippen molar-refractivity contribution in [1.82, 2.24) is 15.2 Å². The first-order valence-electron chi connectivity index (χ1n) is 11.0. The van der Waals surface area contributed by atoms with E-state index in [0.717, 1.165) is 12.1 Å². The van der Waals surface area contributed by atoms with Crippen LogP contribution in [0.4, 0.5) is 23.2 Å². The maximum absolute atomic E-state index is 14.9. The van der Waals surface area contributed by atoms with E-state index in [4.69, 9.17) is 9.15 Å². The van der Waals surface area contributed by atoms with Gasteiger partial charge in [0.05, 0.1) is 18.6 Å². The Morgan fingerprint density at radius 3 is 2.54 bits per heavy atom. The molecule has 1 amide bonds. The Labute approximate surface area is 207 Å². The van der Waals surface area contributed by atoms with Crippen LogP contribution >= 0.6 is 0 Å². The fourth-order valence-corrected chi connectivity index (χ4v) is 3.59. The van der Waals surface area contributed by atoms with E-state index < -0.39 is 29.9 Å². The van der Waals surface area contributed by atoms with Crippen LogP contribution in [0.2, 0.25) is 0 Å². The van der Waals surface area contributed by atoms with E-state index in [2.05, 4.69) is 20.5 Å². The number of aryl methyl sites for hydroxylation is 1. The second-order valence-electron chi connectivity index (χ2n) is 7.96. The number of hydrogen-bond acceptors (Lipinski definition) is 6. The number of carbonyl (C=O) groups is 1. The number of amides is 1. The molecule has 2 N–H and O–H groups in total. The average Bonchev–Trinajstić information content (AvgIpc) is 3.26. The van der Waals surface area contributed by atoms with Gasteiger partial charge in [-0.25, -0.2) is 4.39 Å². The minimum atomic E-state index is -4.70. The summed E-state index contributed by atoms with van der Waals surface area (Å²) in [6, 6.07) is 8.19. The lowest BCUT2D eigenvalue weighted by molar-refractivity contribution is -0.137. The summed E-state index contributed by atoms with van der Waals surface area (Å²) >= 11 is 0. The lowest BCUT2D eigenvalue weighted by Crippen LogP contribution is -2.16. The number of hydrogen-bond donors (Lipinski definition) is 2. The molecule has 0 bridgehead atoms. The Hall–Kier alpha value is -4.48. The Balaban J connectivity index is 1.57. The molecule has 0 spiro atoms. The van der Waals surface area contributed by atoms with Crippen molar-refractivity contribution in [2.45, 2.75) is 26.4 Å². The highest BCUT2D eigenvalue weighted by atomic mass is 19.4. The van der Waals surface area contributed by atoms with Crippen LogP contribution in [-0.2, 0) is 17.4 Å². The summed E-state index contributed by atoms with van der Waals surface area (Å²) in [5.74, 6) is -1.17. The monoisotopic (exact) mass is 516 g/mol. The van der Waals surface area contributed by atoms with Gasteiger partial charge in [-0.2, -0.15) is 13.2 Å². The largest absolute Gasteiger partial charge is 0.493 e. The van der Waals surface area contributed by atoms with Crippen LogP contribution in [0.1, 0.15) is 23.9 Å². The van der Waals surface area contributed by atoms with Gasteiger partial charge in [-0.15, -0.1) is 10.2 Å². The van der Waals surface area contributed by atoms with Gasteiger partial charge in [0.25, 0.3) is 5.56 Å². The molecule has 0 aliphatic heterocycles. The molecule has 0 aliphatic rings. The normalized spacial score (nSPS) is 11.4. The first kappa shape index (κ1) is 25.6. The minimum Gasteiger partial charge on any atom is -0.493 e. The molecule has 2 heterocycles. The van der Waals surface area contributed by atoms with Gasteiger partial charge in [0, 0.05) is 36.0 Å². The number of alkyl halides is 3. The van der Waals surface area contributed by atoms with Gasteiger partial charge in [0.1, 0.15) is 11.6 Å². The van der Waals surface area contributed by atoms with Gasteiger partial charge in [0.15, 0.2) is 0 Å². The number of anilines is 1. The molecule has 0 fully saturated rings. The topological polar surface area (TPSA) is 110 Å². The summed E-state index contributed by atoms with van der Waals surface area (Å²) in [5, 5.41) is 9.70. The maximum atomic E-state index is 14.9. The number of nitrogens with zero attached hydrogens (tertiary/aromatic N) is 2. The highest BCUT2D eigenvalue weighted by molar-refractivity contribution is 5.93. The Bertz CT molecular complexity index is 1510. The lowest BCUT2D eigenvalue weighted by atomic mass is 10.0. The Morgan fingerprint density at radius 2 is 1.89 bits per heavy atom. The van der Waals surface area contributed by atoms with E-state index in [1.165, 1.54) is 37.4 Å². The zero-order valence-corrected chi connectivity index (χ0v) is 19.6. The predicted molar refractivity (Wildman–Crippen MR) is 125 cm³/mol. The van der Waals surface area contributed by atoms with E-state index in [0.29, 0.717) is 17.7 Å². The lowest BCUT2D eigenvalue weighted by Gasteiger charge is -2.13. The van der Waals surface area contributed by atoms with Crippen molar-refractivity contribution in [2.24, 2.45) is 0 Å². The molecule has 0 unspecified atom stereocenters. The summed E-state index contributed by atoms with van der Waals surface area (Å²) in [7, 11) is 0. The summed E-state index contributed by atoms with van der Waals surface area (Å²) in [5.41, 5.74) is -0.749. The number of benzene rings is 2. The molecule has 37 heavy (non-hydrogen) atoms. The molecule has 4 rings (SSSR count). The average molecular weight is 516 g/mol. The number of aromatic amines is 1. The number of ether oxygens (including phenoxy) is 1. The van der Waals surface area contributed by atoms with Gasteiger partial charge in [-0.05, 0) is 42.3 Å². The van der Waals surface area contributed by atoms with Crippen molar-refractivity contribution in [3.05, 3.63) is 81.9 Å². The minimum absolute atomic E-state index is 0.0170. The second kappa shape index (κ2) is 10.2. The number of pyridine rings is 1. The number of aromatic nitrogens is 3. The third-order valence-electron chi connectivity index (χ3n) is 5.22. The Kier molecular flexibility index (Phi) is 7.09. The van der Waals surface area contributed by atoms with Crippen LogP contribution in [0.15, 0.2) is 57.9 Å². The van der Waals surface area contributed by atoms with Crippen molar-refractivity contribution in [3.8, 4) is 28.3 Å². The van der Waals surface area contributed by atoms with E-state index in [-0.39, 0.29) is 39.9 Å². The maximum Gasteiger partial charge on any atom is 0.416 e. The number of rotatable bonds is 7. The van der Waals surface area contributed by atoms with E-state index in [1.54, 1.807) is 13.0 Å². The number of H-pyrrole nitrogens is 1. The van der Waals surface area contributed by atoms with Gasteiger partial charge < -0.3 is 19.5 Å². The summed E-state index contributed by atoms with van der Waals surface area (Å²) in [6.07, 6.45) is -3.75. The molecule has 0 atom stereocenters. The third kappa shape index (κ3) is 6.02. The van der Waals surface area contributed by atoms with Crippen LogP contribution in [-0.4, -0.2) is 27.7 Å². The van der Waals surface area contributed by atoms with Crippen molar-refractivity contribution in [3.63, 3.8) is 0 Å². The van der Waals surface area contributed by atoms with Gasteiger partial charge in [-0.3, -0.25) is 9.59 Å². The van der Waals surface area contributed by atoms with E-state index >= 15 is 0 Å². The highest BCUT2D eigenvalue weighted by Crippen LogP contribution is 2.35. The van der Waals surface area contributed by atoms with Crippen LogP contribution in [0.25, 0.3) is 22.6 Å². The number of carbonyl (C=O) groups excluding carboxylic acids is 1. The van der Waals surface area contributed by atoms with Gasteiger partial charge in [-0.1, -0.05) is 12.1 Å². The van der Waals surface area contributed by atoms with Crippen molar-refractivity contribution in [1.29, 1.82) is 0 Å². The summed E-state index contributed by atoms with van der Waals surface area (Å²) in [6.45, 7) is 3.52. The molecule has 0 saturated carbocycles. The zero-order valence-electron chi connectivity index (χ0n) is 19.6. The molecule has 0 aliphatic carbocycles. The first-order chi connectivity index (χ1) is 17.5. The standard InChI is InChI=1S/C25H20F4N4O4/c1-3-36-21-11-22(34)30-12-19(21)14-4-5-15(20(26)8-14)9-23(35)31-18-7-16(24-33-32-13(2)37-24)6-17(10-18)25(27,28)29/h4-8,10-12H,3,9H2,1-2H3,(H,30,34)(H,31,35). The number of halogens is 4. The zero-order chi connectivity index (χ0) is 26.7. The Morgan fingerprint density at radius 1 is 1.11 bits per heavy atom. The molecule has 4 aromatic rings. The molecule has 12 heteroatoms. The van der Waals surface area contributed by atoms with Crippen molar-refractivity contribution < 1.29 is 31.5 Å². The van der Waals surface area contributed by atoms with Crippen LogP contribution < -0.4 is 15.6 Å². The van der Waals surface area contributed by atoms with E-state index in [9.17, 15) is 27.2 Å². The summed E-state index contributed by atoms with van der Waals surface area (Å²) < 4.78 is 65.8. The molecule has 0 radical (unpaired) electrons. The molecule has 2 aromatic heterocycles. The van der Waals surface area contributed by atoms with Gasteiger partial charge in [0.2, 0.25) is 17.7 Å². The van der Waals surface area contributed by atoms with Gasteiger partial charge >= 0.3 is 6.18 Å². The van der Waals surface area contributed by atoms with Crippen molar-refractivity contribution >= 4 is 11.6 Å². The predicted octanol–water partition coefficient (Wildman–Crippen LogP) is 5.14.